The molecular formula is C15H19N5OS. The van der Waals surface area contributed by atoms with Crippen LogP contribution in [0.5, 0.6) is 0 Å². The van der Waals surface area contributed by atoms with Crippen molar-refractivity contribution in [2.75, 3.05) is 18.5 Å². The zero-order chi connectivity index (χ0) is 15.4. The first kappa shape index (κ1) is 14.9. The van der Waals surface area contributed by atoms with Crippen LogP contribution in [-0.2, 0) is 12.8 Å². The van der Waals surface area contributed by atoms with E-state index < -0.39 is 0 Å². The monoisotopic (exact) mass is 317 g/mol. The number of hydrogen-bond donors (Lipinski definition) is 2. The average Bonchev–Trinajstić information content (AvgIpc) is 3.21. The summed E-state index contributed by atoms with van der Waals surface area (Å²) in [5.41, 5.74) is 3.87. The Bertz CT molecular complexity index is 725. The van der Waals surface area contributed by atoms with Crippen molar-refractivity contribution in [3.8, 4) is 0 Å². The Balaban J connectivity index is 1.73. The molecular weight excluding hydrogens is 298 g/mol. The molecule has 0 fully saturated rings. The Morgan fingerprint density at radius 2 is 2.36 bits per heavy atom. The van der Waals surface area contributed by atoms with Crippen molar-refractivity contribution >= 4 is 22.7 Å². The fraction of sp³-hybridized carbons (Fsp3) is 0.400. The Morgan fingerprint density at radius 3 is 3.09 bits per heavy atom. The second-order valence-electron chi connectivity index (χ2n) is 5.27. The van der Waals surface area contributed by atoms with Gasteiger partial charge in [0.2, 0.25) is 5.65 Å². The van der Waals surface area contributed by atoms with Crippen LogP contribution in [0.1, 0.15) is 18.2 Å². The molecule has 0 aromatic carbocycles. The summed E-state index contributed by atoms with van der Waals surface area (Å²) < 4.78 is 1.69. The maximum atomic E-state index is 9.59. The normalized spacial score (nSPS) is 12.6. The number of anilines is 1. The second kappa shape index (κ2) is 6.85. The van der Waals surface area contributed by atoms with Gasteiger partial charge in [0.25, 0.3) is 0 Å². The fourth-order valence-electron chi connectivity index (χ4n) is 2.38. The summed E-state index contributed by atoms with van der Waals surface area (Å²) >= 11 is 1.68. The smallest absolute Gasteiger partial charge is 0.200 e. The van der Waals surface area contributed by atoms with E-state index in [-0.39, 0.29) is 12.5 Å². The molecule has 0 spiro atoms. The van der Waals surface area contributed by atoms with Gasteiger partial charge in [0.15, 0.2) is 0 Å². The quantitative estimate of drug-likeness (QED) is 0.697. The lowest BCUT2D eigenvalue weighted by Gasteiger charge is -2.16. The van der Waals surface area contributed by atoms with Crippen LogP contribution in [0.25, 0.3) is 5.65 Å². The zero-order valence-electron chi connectivity index (χ0n) is 12.4. The molecule has 3 rings (SSSR count). The molecule has 0 aliphatic rings. The second-order valence-corrected chi connectivity index (χ2v) is 6.05. The zero-order valence-corrected chi connectivity index (χ0v) is 13.3. The van der Waals surface area contributed by atoms with Crippen molar-refractivity contribution in [2.24, 2.45) is 5.92 Å². The molecule has 3 heterocycles. The minimum Gasteiger partial charge on any atom is -0.396 e. The van der Waals surface area contributed by atoms with Gasteiger partial charge in [-0.3, -0.25) is 0 Å². The highest BCUT2D eigenvalue weighted by atomic mass is 32.1. The number of rotatable bonds is 7. The highest BCUT2D eigenvalue weighted by Gasteiger charge is 2.12. The molecule has 1 atom stereocenters. The van der Waals surface area contributed by atoms with Gasteiger partial charge < -0.3 is 10.4 Å². The molecule has 7 heteroatoms. The van der Waals surface area contributed by atoms with Crippen LogP contribution in [0.15, 0.2) is 29.2 Å². The first-order valence-electron chi connectivity index (χ1n) is 7.36. The van der Waals surface area contributed by atoms with Gasteiger partial charge in [0, 0.05) is 19.1 Å². The van der Waals surface area contributed by atoms with Gasteiger partial charge in [-0.1, -0.05) is 6.92 Å². The number of aliphatic hydroxyl groups excluding tert-OH is 1. The van der Waals surface area contributed by atoms with E-state index >= 15 is 0 Å². The summed E-state index contributed by atoms with van der Waals surface area (Å²) in [7, 11) is 0. The molecule has 2 N–H and O–H groups in total. The van der Waals surface area contributed by atoms with Gasteiger partial charge in [0.1, 0.15) is 6.33 Å². The first-order valence-corrected chi connectivity index (χ1v) is 8.30. The largest absolute Gasteiger partial charge is 0.396 e. The molecule has 6 nitrogen and oxygen atoms in total. The number of aromatic nitrogens is 4. The highest BCUT2D eigenvalue weighted by Crippen LogP contribution is 2.17. The Kier molecular flexibility index (Phi) is 4.65. The molecule has 3 aromatic rings. The fourth-order valence-corrected chi connectivity index (χ4v) is 3.06. The number of thiophene rings is 1. The predicted molar refractivity (Wildman–Crippen MR) is 87.2 cm³/mol. The molecule has 1 unspecified atom stereocenters. The lowest BCUT2D eigenvalue weighted by Crippen LogP contribution is -2.20. The third-order valence-electron chi connectivity index (χ3n) is 3.62. The van der Waals surface area contributed by atoms with Crippen LogP contribution in [0.3, 0.4) is 0 Å². The molecule has 0 aliphatic carbocycles. The summed E-state index contributed by atoms with van der Waals surface area (Å²) in [6.07, 6.45) is 3.32. The van der Waals surface area contributed by atoms with E-state index in [1.54, 1.807) is 22.2 Å². The predicted octanol–water partition coefficient (Wildman–Crippen LogP) is 2.01. The number of nitrogens with zero attached hydrogens (tertiary/aromatic N) is 4. The van der Waals surface area contributed by atoms with E-state index in [9.17, 15) is 5.11 Å². The topological polar surface area (TPSA) is 75.3 Å². The van der Waals surface area contributed by atoms with Gasteiger partial charge in [-0.2, -0.15) is 21.0 Å². The van der Waals surface area contributed by atoms with Crippen LogP contribution in [-0.4, -0.2) is 38.1 Å². The van der Waals surface area contributed by atoms with Crippen molar-refractivity contribution in [2.45, 2.75) is 19.8 Å². The van der Waals surface area contributed by atoms with Crippen LogP contribution >= 0.6 is 11.3 Å². The number of fused-ring (bicyclic) bond motifs is 1. The maximum Gasteiger partial charge on any atom is 0.200 e. The molecule has 0 saturated heterocycles. The van der Waals surface area contributed by atoms with E-state index in [4.69, 9.17) is 0 Å². The van der Waals surface area contributed by atoms with Crippen molar-refractivity contribution in [1.82, 2.24) is 19.8 Å². The molecule has 22 heavy (non-hydrogen) atoms. The van der Waals surface area contributed by atoms with Gasteiger partial charge >= 0.3 is 0 Å². The van der Waals surface area contributed by atoms with Gasteiger partial charge in [-0.05, 0) is 41.3 Å². The van der Waals surface area contributed by atoms with Crippen LogP contribution in [0.2, 0.25) is 0 Å². The molecule has 0 bridgehead atoms. The van der Waals surface area contributed by atoms with Crippen LogP contribution in [0, 0.1) is 5.92 Å². The Morgan fingerprint density at radius 1 is 1.45 bits per heavy atom. The van der Waals surface area contributed by atoms with Crippen LogP contribution < -0.4 is 5.32 Å². The van der Waals surface area contributed by atoms with E-state index in [1.807, 2.05) is 6.07 Å². The SMILES string of the molecule is CCc1cc(NCC(CO)Cc2ccsc2)c2nncn2n1. The minimum absolute atomic E-state index is 0.150. The third-order valence-corrected chi connectivity index (χ3v) is 4.36. The summed E-state index contributed by atoms with van der Waals surface area (Å²) in [5, 5.41) is 29.6. The Hall–Kier alpha value is -1.99. The lowest BCUT2D eigenvalue weighted by atomic mass is 10.0. The van der Waals surface area contributed by atoms with E-state index in [0.717, 1.165) is 24.2 Å². The van der Waals surface area contributed by atoms with Crippen molar-refractivity contribution in [1.29, 1.82) is 0 Å². The van der Waals surface area contributed by atoms with E-state index in [1.165, 1.54) is 5.56 Å². The van der Waals surface area contributed by atoms with Gasteiger partial charge in [0.05, 0.1) is 11.4 Å². The summed E-state index contributed by atoms with van der Waals surface area (Å²) in [4.78, 5) is 0. The highest BCUT2D eigenvalue weighted by molar-refractivity contribution is 7.07. The van der Waals surface area contributed by atoms with E-state index in [2.05, 4.69) is 44.4 Å². The molecule has 0 amide bonds. The molecule has 116 valence electrons. The van der Waals surface area contributed by atoms with Crippen LogP contribution in [0.4, 0.5) is 5.69 Å². The molecule has 0 saturated carbocycles. The number of aryl methyl sites for hydroxylation is 1. The molecule has 0 aliphatic heterocycles. The maximum absolute atomic E-state index is 9.59. The number of aliphatic hydroxyl groups is 1. The third kappa shape index (κ3) is 3.26. The summed E-state index contributed by atoms with van der Waals surface area (Å²) in [5.74, 6) is 0.163. The van der Waals surface area contributed by atoms with Gasteiger partial charge in [-0.15, -0.1) is 10.2 Å². The standard InChI is InChI=1S/C15H19N5OS/c1-2-13-6-14(15-18-17-10-20(15)19-13)16-7-12(8-21)5-11-3-4-22-9-11/h3-4,6,9-10,12,16,21H,2,5,7-8H2,1H3. The lowest BCUT2D eigenvalue weighted by molar-refractivity contribution is 0.233. The number of hydrogen-bond acceptors (Lipinski definition) is 6. The van der Waals surface area contributed by atoms with E-state index in [0.29, 0.717) is 12.2 Å². The van der Waals surface area contributed by atoms with Crippen molar-refractivity contribution in [3.05, 3.63) is 40.5 Å². The first-order chi connectivity index (χ1) is 10.8. The Labute approximate surface area is 132 Å². The average molecular weight is 317 g/mol. The minimum atomic E-state index is 0.150. The summed E-state index contributed by atoms with van der Waals surface area (Å²) in [6.45, 7) is 2.90. The summed E-state index contributed by atoms with van der Waals surface area (Å²) in [6, 6.07) is 4.11. The molecule has 0 radical (unpaired) electrons. The van der Waals surface area contributed by atoms with Gasteiger partial charge in [-0.25, -0.2) is 0 Å². The van der Waals surface area contributed by atoms with Crippen molar-refractivity contribution in [3.63, 3.8) is 0 Å². The van der Waals surface area contributed by atoms with Crippen molar-refractivity contribution < 1.29 is 5.11 Å². The number of nitrogens with one attached hydrogen (secondary N) is 1. The molecule has 3 aromatic heterocycles.